The van der Waals surface area contributed by atoms with E-state index in [4.69, 9.17) is 4.42 Å². The summed E-state index contributed by atoms with van der Waals surface area (Å²) in [5.74, 6) is -0.479. The van der Waals surface area contributed by atoms with Gasteiger partial charge < -0.3 is 9.73 Å². The van der Waals surface area contributed by atoms with Crippen molar-refractivity contribution in [1.82, 2.24) is 15.3 Å². The van der Waals surface area contributed by atoms with Gasteiger partial charge in [-0.15, -0.1) is 11.3 Å². The Balaban J connectivity index is 1.45. The van der Waals surface area contributed by atoms with E-state index in [1.165, 1.54) is 30.6 Å². The Hall–Kier alpha value is -2.61. The number of benzene rings is 1. The van der Waals surface area contributed by atoms with Crippen molar-refractivity contribution in [2.24, 2.45) is 0 Å². The van der Waals surface area contributed by atoms with Crippen LogP contribution in [0.15, 0.2) is 32.8 Å². The van der Waals surface area contributed by atoms with Crippen molar-refractivity contribution in [3.63, 3.8) is 0 Å². The van der Waals surface area contributed by atoms with E-state index >= 15 is 0 Å². The fourth-order valence-electron chi connectivity index (χ4n) is 3.14. The van der Waals surface area contributed by atoms with Crippen LogP contribution in [-0.2, 0) is 0 Å². The van der Waals surface area contributed by atoms with Gasteiger partial charge in [0.1, 0.15) is 0 Å². The summed E-state index contributed by atoms with van der Waals surface area (Å²) in [7, 11) is 0. The zero-order chi connectivity index (χ0) is 17.2. The number of oxazole rings is 1. The minimum absolute atomic E-state index is 0.206. The average Bonchev–Trinajstić information content (AvgIpc) is 3.20. The molecule has 1 aromatic carbocycles. The Morgan fingerprint density at radius 2 is 2.12 bits per heavy atom. The molecule has 0 bridgehead atoms. The van der Waals surface area contributed by atoms with E-state index in [1.54, 1.807) is 12.1 Å². The first-order valence-corrected chi connectivity index (χ1v) is 9.22. The number of fused-ring (bicyclic) bond motifs is 1. The second-order valence-corrected chi connectivity index (χ2v) is 7.05. The number of H-pyrrole nitrogens is 1. The van der Waals surface area contributed by atoms with E-state index in [0.29, 0.717) is 16.2 Å². The molecule has 3 aromatic rings. The van der Waals surface area contributed by atoms with Crippen molar-refractivity contribution < 1.29 is 9.21 Å². The third-order valence-corrected chi connectivity index (χ3v) is 5.14. The maximum Gasteiger partial charge on any atom is 0.417 e. The summed E-state index contributed by atoms with van der Waals surface area (Å²) in [6, 6.07) is 5.42. The lowest BCUT2D eigenvalue weighted by Crippen LogP contribution is -2.38. The molecule has 0 unspecified atom stereocenters. The molecule has 1 aliphatic rings. The number of carbonyl (C=O) groups is 1. The van der Waals surface area contributed by atoms with Crippen LogP contribution in [0.2, 0.25) is 0 Å². The Bertz CT molecular complexity index is 952. The number of hydrogen-bond donors (Lipinski definition) is 3. The molecule has 4 rings (SSSR count). The fraction of sp³-hybridized carbons (Fsp3) is 0.353. The van der Waals surface area contributed by atoms with Crippen molar-refractivity contribution in [3.05, 3.63) is 34.1 Å². The molecular weight excluding hydrogens is 340 g/mol. The van der Waals surface area contributed by atoms with Gasteiger partial charge in [-0.05, 0) is 31.0 Å². The van der Waals surface area contributed by atoms with E-state index in [0.717, 1.165) is 24.1 Å². The monoisotopic (exact) mass is 358 g/mol. The molecule has 25 heavy (non-hydrogen) atoms. The van der Waals surface area contributed by atoms with Gasteiger partial charge in [0.15, 0.2) is 10.7 Å². The van der Waals surface area contributed by atoms with Crippen LogP contribution in [-0.4, -0.2) is 22.0 Å². The Labute approximate surface area is 147 Å². The van der Waals surface area contributed by atoms with Gasteiger partial charge in [0.25, 0.3) is 0 Å². The normalized spacial score (nSPS) is 15.4. The van der Waals surface area contributed by atoms with Crippen LogP contribution in [0, 0.1) is 0 Å². The first kappa shape index (κ1) is 15.9. The molecule has 130 valence electrons. The summed E-state index contributed by atoms with van der Waals surface area (Å²) >= 11 is 1.37. The van der Waals surface area contributed by atoms with Gasteiger partial charge in [0.2, 0.25) is 0 Å². The molecule has 2 aromatic heterocycles. The predicted molar refractivity (Wildman–Crippen MR) is 97.0 cm³/mol. The number of aromatic amines is 1. The molecule has 0 aliphatic heterocycles. The smallest absolute Gasteiger partial charge is 0.408 e. The van der Waals surface area contributed by atoms with Crippen LogP contribution in [0.4, 0.5) is 9.93 Å². The van der Waals surface area contributed by atoms with Crippen molar-refractivity contribution in [2.45, 2.75) is 38.1 Å². The standard InChI is InChI=1S/C17H18N4O3S/c22-15(18-11-4-2-1-3-5-11)21-16-19-13(9-25-16)10-6-7-14-12(8-10)20-17(23)24-14/h6-9,11H,1-5H2,(H,20,23)(H2,18,19,21,22). The molecule has 8 heteroatoms. The second kappa shape index (κ2) is 6.72. The van der Waals surface area contributed by atoms with Gasteiger partial charge in [-0.2, -0.15) is 0 Å². The number of hydrogen-bond acceptors (Lipinski definition) is 5. The van der Waals surface area contributed by atoms with E-state index in [2.05, 4.69) is 20.6 Å². The Morgan fingerprint density at radius 1 is 1.28 bits per heavy atom. The van der Waals surface area contributed by atoms with Crippen LogP contribution >= 0.6 is 11.3 Å². The van der Waals surface area contributed by atoms with E-state index < -0.39 is 5.76 Å². The number of thiazole rings is 1. The molecule has 0 atom stereocenters. The molecule has 1 fully saturated rings. The van der Waals surface area contributed by atoms with Crippen molar-refractivity contribution in [3.8, 4) is 11.3 Å². The van der Waals surface area contributed by atoms with Crippen LogP contribution < -0.4 is 16.4 Å². The molecule has 2 heterocycles. The van der Waals surface area contributed by atoms with Gasteiger partial charge in [-0.1, -0.05) is 19.3 Å². The number of nitrogens with one attached hydrogen (secondary N) is 3. The molecule has 0 saturated heterocycles. The largest absolute Gasteiger partial charge is 0.417 e. The second-order valence-electron chi connectivity index (χ2n) is 6.20. The topological polar surface area (TPSA) is 100 Å². The van der Waals surface area contributed by atoms with Gasteiger partial charge in [-0.25, -0.2) is 14.6 Å². The predicted octanol–water partition coefficient (Wildman–Crippen LogP) is 3.70. The van der Waals surface area contributed by atoms with Crippen molar-refractivity contribution in [2.75, 3.05) is 5.32 Å². The van der Waals surface area contributed by atoms with Gasteiger partial charge in [0, 0.05) is 17.0 Å². The highest BCUT2D eigenvalue weighted by Crippen LogP contribution is 2.27. The van der Waals surface area contributed by atoms with E-state index in [1.807, 2.05) is 11.4 Å². The van der Waals surface area contributed by atoms with Crippen molar-refractivity contribution >= 4 is 33.6 Å². The SMILES string of the molecule is O=C(Nc1nc(-c2ccc3oc(=O)[nH]c3c2)cs1)NC1CCCCC1. The van der Waals surface area contributed by atoms with Gasteiger partial charge in [0.05, 0.1) is 11.2 Å². The number of carbonyl (C=O) groups excluding carboxylic acids is 1. The molecule has 7 nitrogen and oxygen atoms in total. The summed E-state index contributed by atoms with van der Waals surface area (Å²) in [6.07, 6.45) is 5.68. The number of nitrogens with zero attached hydrogens (tertiary/aromatic N) is 1. The summed E-state index contributed by atoms with van der Waals surface area (Å²) < 4.78 is 4.99. The number of anilines is 1. The zero-order valence-corrected chi connectivity index (χ0v) is 14.3. The molecule has 0 radical (unpaired) electrons. The summed E-state index contributed by atoms with van der Waals surface area (Å²) in [5, 5.41) is 8.23. The third-order valence-electron chi connectivity index (χ3n) is 4.38. The molecule has 0 spiro atoms. The maximum atomic E-state index is 12.1. The highest BCUT2D eigenvalue weighted by molar-refractivity contribution is 7.14. The van der Waals surface area contributed by atoms with E-state index in [-0.39, 0.29) is 12.1 Å². The average molecular weight is 358 g/mol. The van der Waals surface area contributed by atoms with Gasteiger partial charge in [-0.3, -0.25) is 10.3 Å². The Kier molecular flexibility index (Phi) is 4.27. The zero-order valence-electron chi connectivity index (χ0n) is 13.5. The quantitative estimate of drug-likeness (QED) is 0.664. The fourth-order valence-corrected chi connectivity index (χ4v) is 3.86. The van der Waals surface area contributed by atoms with Crippen LogP contribution in [0.5, 0.6) is 0 Å². The highest BCUT2D eigenvalue weighted by atomic mass is 32.1. The van der Waals surface area contributed by atoms with Crippen LogP contribution in [0.25, 0.3) is 22.4 Å². The Morgan fingerprint density at radius 3 is 2.96 bits per heavy atom. The van der Waals surface area contributed by atoms with E-state index in [9.17, 15) is 9.59 Å². The molecule has 1 saturated carbocycles. The summed E-state index contributed by atoms with van der Waals surface area (Å²) in [6.45, 7) is 0. The molecule has 2 amide bonds. The van der Waals surface area contributed by atoms with Gasteiger partial charge >= 0.3 is 11.8 Å². The maximum absolute atomic E-state index is 12.1. The van der Waals surface area contributed by atoms with Crippen molar-refractivity contribution in [1.29, 1.82) is 0 Å². The lowest BCUT2D eigenvalue weighted by atomic mass is 9.96. The first-order chi connectivity index (χ1) is 12.2. The molecule has 1 aliphatic carbocycles. The van der Waals surface area contributed by atoms with Crippen LogP contribution in [0.3, 0.4) is 0 Å². The number of aromatic nitrogens is 2. The highest BCUT2D eigenvalue weighted by Gasteiger charge is 2.16. The third kappa shape index (κ3) is 3.58. The van der Waals surface area contributed by atoms with Crippen LogP contribution in [0.1, 0.15) is 32.1 Å². The summed E-state index contributed by atoms with van der Waals surface area (Å²) in [4.78, 5) is 30.4. The lowest BCUT2D eigenvalue weighted by Gasteiger charge is -2.22. The number of amides is 2. The minimum Gasteiger partial charge on any atom is -0.408 e. The summed E-state index contributed by atoms with van der Waals surface area (Å²) in [5.41, 5.74) is 2.72. The molecule has 3 N–H and O–H groups in total. The minimum atomic E-state index is -0.479. The number of rotatable bonds is 3. The first-order valence-electron chi connectivity index (χ1n) is 8.34. The molecular formula is C17H18N4O3S. The lowest BCUT2D eigenvalue weighted by molar-refractivity contribution is 0.244. The number of urea groups is 1.